The molecular formula is C14H19N3O3. The lowest BCUT2D eigenvalue weighted by Gasteiger charge is -2.41. The average molecular weight is 277 g/mol. The Hall–Kier alpha value is -1.85. The standard InChI is InChI=1S/C14H19N3O3/c1-8-6-15-12(20-8)9(2)17-7-11(18)16-14(3,13(17)19)10-4-5-10/h6,9-10H,4-5,7H2,1-3H3,(H,16,18). The second kappa shape index (κ2) is 4.33. The fourth-order valence-corrected chi connectivity index (χ4v) is 2.86. The molecule has 1 aliphatic carbocycles. The number of hydrogen-bond donors (Lipinski definition) is 1. The Balaban J connectivity index is 1.88. The third kappa shape index (κ3) is 1.99. The number of piperazine rings is 1. The van der Waals surface area contributed by atoms with Crippen molar-refractivity contribution in [2.75, 3.05) is 6.54 Å². The van der Waals surface area contributed by atoms with Crippen LogP contribution in [0.25, 0.3) is 0 Å². The first-order chi connectivity index (χ1) is 9.41. The highest BCUT2D eigenvalue weighted by molar-refractivity contribution is 5.98. The molecule has 1 aromatic rings. The van der Waals surface area contributed by atoms with Crippen molar-refractivity contribution in [1.29, 1.82) is 0 Å². The number of oxazole rings is 1. The zero-order valence-corrected chi connectivity index (χ0v) is 12.0. The van der Waals surface area contributed by atoms with Gasteiger partial charge in [0.1, 0.15) is 23.9 Å². The van der Waals surface area contributed by atoms with Gasteiger partial charge in [-0.2, -0.15) is 0 Å². The van der Waals surface area contributed by atoms with E-state index in [9.17, 15) is 9.59 Å². The molecule has 0 spiro atoms. The molecule has 1 saturated carbocycles. The Bertz CT molecular complexity index is 564. The van der Waals surface area contributed by atoms with Crippen LogP contribution in [0.1, 0.15) is 44.4 Å². The Labute approximate surface area is 117 Å². The van der Waals surface area contributed by atoms with Crippen LogP contribution in [0.15, 0.2) is 10.6 Å². The SMILES string of the molecule is Cc1cnc(C(C)N2CC(=O)NC(C)(C3CC3)C2=O)o1. The van der Waals surface area contributed by atoms with Crippen molar-refractivity contribution in [3.8, 4) is 0 Å². The Morgan fingerprint density at radius 3 is 2.75 bits per heavy atom. The van der Waals surface area contributed by atoms with Gasteiger partial charge in [-0.3, -0.25) is 9.59 Å². The Kier molecular flexibility index (Phi) is 2.84. The van der Waals surface area contributed by atoms with E-state index in [1.165, 1.54) is 0 Å². The number of aryl methyl sites for hydroxylation is 1. The van der Waals surface area contributed by atoms with Crippen LogP contribution >= 0.6 is 0 Å². The molecule has 2 fully saturated rings. The van der Waals surface area contributed by atoms with Gasteiger partial charge in [-0.1, -0.05) is 0 Å². The molecule has 2 amide bonds. The molecule has 108 valence electrons. The largest absolute Gasteiger partial charge is 0.444 e. The minimum Gasteiger partial charge on any atom is -0.444 e. The first kappa shape index (κ1) is 13.1. The van der Waals surface area contributed by atoms with Crippen LogP contribution in [-0.4, -0.2) is 33.8 Å². The van der Waals surface area contributed by atoms with Gasteiger partial charge in [-0.05, 0) is 39.5 Å². The number of nitrogens with zero attached hydrogens (tertiary/aromatic N) is 2. The number of hydrogen-bond acceptors (Lipinski definition) is 4. The summed E-state index contributed by atoms with van der Waals surface area (Å²) in [6.07, 6.45) is 3.60. The van der Waals surface area contributed by atoms with E-state index in [4.69, 9.17) is 4.42 Å². The van der Waals surface area contributed by atoms with Gasteiger partial charge in [0.15, 0.2) is 0 Å². The van der Waals surface area contributed by atoms with Crippen molar-refractivity contribution < 1.29 is 14.0 Å². The molecule has 2 atom stereocenters. The summed E-state index contributed by atoms with van der Waals surface area (Å²) in [6.45, 7) is 5.53. The molecule has 6 nitrogen and oxygen atoms in total. The molecule has 2 unspecified atom stereocenters. The van der Waals surface area contributed by atoms with Crippen molar-refractivity contribution in [3.05, 3.63) is 17.8 Å². The molecule has 0 bridgehead atoms. The molecule has 1 N–H and O–H groups in total. The lowest BCUT2D eigenvalue weighted by Crippen LogP contribution is -2.66. The molecule has 0 aromatic carbocycles. The van der Waals surface area contributed by atoms with Crippen LogP contribution in [-0.2, 0) is 9.59 Å². The van der Waals surface area contributed by atoms with Crippen LogP contribution in [0.5, 0.6) is 0 Å². The van der Waals surface area contributed by atoms with E-state index >= 15 is 0 Å². The highest BCUT2D eigenvalue weighted by Gasteiger charge is 2.53. The molecule has 6 heteroatoms. The predicted molar refractivity (Wildman–Crippen MR) is 70.6 cm³/mol. The smallest absolute Gasteiger partial charge is 0.249 e. The molecule has 1 aliphatic heterocycles. The maximum absolute atomic E-state index is 12.7. The molecule has 20 heavy (non-hydrogen) atoms. The zero-order chi connectivity index (χ0) is 14.5. The second-order valence-electron chi connectivity index (χ2n) is 5.94. The summed E-state index contributed by atoms with van der Waals surface area (Å²) in [5.41, 5.74) is -0.773. The van der Waals surface area contributed by atoms with Crippen molar-refractivity contribution in [3.63, 3.8) is 0 Å². The Morgan fingerprint density at radius 1 is 1.50 bits per heavy atom. The first-order valence-electron chi connectivity index (χ1n) is 6.96. The van der Waals surface area contributed by atoms with E-state index in [-0.39, 0.29) is 30.3 Å². The number of rotatable bonds is 3. The van der Waals surface area contributed by atoms with Gasteiger partial charge >= 0.3 is 0 Å². The normalized spacial score (nSPS) is 28.4. The molecule has 0 radical (unpaired) electrons. The number of amides is 2. The number of carbonyl (C=O) groups is 2. The fourth-order valence-electron chi connectivity index (χ4n) is 2.86. The fraction of sp³-hybridized carbons (Fsp3) is 0.643. The van der Waals surface area contributed by atoms with Crippen LogP contribution in [0.3, 0.4) is 0 Å². The van der Waals surface area contributed by atoms with Crippen molar-refractivity contribution in [2.24, 2.45) is 5.92 Å². The summed E-state index contributed by atoms with van der Waals surface area (Å²) in [6, 6.07) is -0.333. The summed E-state index contributed by atoms with van der Waals surface area (Å²) in [5.74, 6) is 1.27. The summed E-state index contributed by atoms with van der Waals surface area (Å²) in [5, 5.41) is 2.86. The highest BCUT2D eigenvalue weighted by atomic mass is 16.4. The molecular weight excluding hydrogens is 258 g/mol. The molecule has 1 aromatic heterocycles. The van der Waals surface area contributed by atoms with Gasteiger partial charge in [-0.25, -0.2) is 4.98 Å². The maximum Gasteiger partial charge on any atom is 0.249 e. The molecule has 2 aliphatic rings. The number of nitrogens with one attached hydrogen (secondary N) is 1. The lowest BCUT2D eigenvalue weighted by atomic mass is 9.91. The molecule has 3 rings (SSSR count). The van der Waals surface area contributed by atoms with Gasteiger partial charge in [0.2, 0.25) is 17.7 Å². The van der Waals surface area contributed by atoms with Crippen LogP contribution in [0, 0.1) is 12.8 Å². The topological polar surface area (TPSA) is 75.4 Å². The summed E-state index contributed by atoms with van der Waals surface area (Å²) < 4.78 is 5.49. The zero-order valence-electron chi connectivity index (χ0n) is 12.0. The summed E-state index contributed by atoms with van der Waals surface area (Å²) in [7, 11) is 0. The van der Waals surface area contributed by atoms with E-state index in [0.717, 1.165) is 12.8 Å². The number of aromatic nitrogens is 1. The minimum atomic E-state index is -0.773. The maximum atomic E-state index is 12.7. The lowest BCUT2D eigenvalue weighted by molar-refractivity contribution is -0.153. The van der Waals surface area contributed by atoms with E-state index in [1.54, 1.807) is 11.1 Å². The number of carbonyl (C=O) groups excluding carboxylic acids is 2. The Morgan fingerprint density at radius 2 is 2.20 bits per heavy atom. The van der Waals surface area contributed by atoms with Gasteiger partial charge in [-0.15, -0.1) is 0 Å². The summed E-state index contributed by atoms with van der Waals surface area (Å²) in [4.78, 5) is 30.4. The van der Waals surface area contributed by atoms with Gasteiger partial charge in [0.05, 0.1) is 6.20 Å². The van der Waals surface area contributed by atoms with Gasteiger partial charge < -0.3 is 14.6 Å². The van der Waals surface area contributed by atoms with Crippen LogP contribution in [0.4, 0.5) is 0 Å². The van der Waals surface area contributed by atoms with E-state index < -0.39 is 5.54 Å². The molecule has 2 heterocycles. The van der Waals surface area contributed by atoms with Gasteiger partial charge in [0.25, 0.3) is 0 Å². The second-order valence-corrected chi connectivity index (χ2v) is 5.94. The van der Waals surface area contributed by atoms with Crippen molar-refractivity contribution in [2.45, 2.75) is 45.2 Å². The quantitative estimate of drug-likeness (QED) is 0.900. The van der Waals surface area contributed by atoms with Crippen molar-refractivity contribution >= 4 is 11.8 Å². The summed E-state index contributed by atoms with van der Waals surface area (Å²) >= 11 is 0. The van der Waals surface area contributed by atoms with E-state index in [1.807, 2.05) is 20.8 Å². The minimum absolute atomic E-state index is 0.0389. The highest BCUT2D eigenvalue weighted by Crippen LogP contribution is 2.42. The molecule has 1 saturated heterocycles. The predicted octanol–water partition coefficient (Wildman–Crippen LogP) is 1.17. The monoisotopic (exact) mass is 277 g/mol. The van der Waals surface area contributed by atoms with Crippen molar-refractivity contribution in [1.82, 2.24) is 15.2 Å². The van der Waals surface area contributed by atoms with Gasteiger partial charge in [0, 0.05) is 0 Å². The van der Waals surface area contributed by atoms with Crippen LogP contribution < -0.4 is 5.32 Å². The van der Waals surface area contributed by atoms with E-state index in [2.05, 4.69) is 10.3 Å². The third-order valence-corrected chi connectivity index (χ3v) is 4.28. The average Bonchev–Trinajstić information content (AvgIpc) is 3.16. The first-order valence-corrected chi connectivity index (χ1v) is 6.96. The third-order valence-electron chi connectivity index (χ3n) is 4.28. The van der Waals surface area contributed by atoms with Crippen LogP contribution in [0.2, 0.25) is 0 Å². The van der Waals surface area contributed by atoms with E-state index in [0.29, 0.717) is 11.7 Å².